The summed E-state index contributed by atoms with van der Waals surface area (Å²) >= 11 is 0. The highest BCUT2D eigenvalue weighted by molar-refractivity contribution is 5.85. The first-order valence-electron chi connectivity index (χ1n) is 5.41. The van der Waals surface area contributed by atoms with Crippen molar-refractivity contribution in [3.63, 3.8) is 0 Å². The van der Waals surface area contributed by atoms with E-state index in [0.29, 0.717) is 13.0 Å². The first-order valence-corrected chi connectivity index (χ1v) is 5.41. The standard InChI is InChI=1S/C11H25N3O/c1-10(2,3)8-11(4,12)9(15)14-7-6-13-5/h13H,6-8,12H2,1-5H3,(H,14,15). The van der Waals surface area contributed by atoms with Gasteiger partial charge in [-0.25, -0.2) is 0 Å². The molecule has 0 aromatic carbocycles. The highest BCUT2D eigenvalue weighted by atomic mass is 16.2. The third-order valence-corrected chi connectivity index (χ3v) is 2.08. The van der Waals surface area contributed by atoms with Gasteiger partial charge in [0.05, 0.1) is 5.54 Å². The van der Waals surface area contributed by atoms with Crippen molar-refractivity contribution < 1.29 is 4.79 Å². The second kappa shape index (κ2) is 5.47. The number of rotatable bonds is 5. The summed E-state index contributed by atoms with van der Waals surface area (Å²) in [5, 5.41) is 5.79. The zero-order valence-electron chi connectivity index (χ0n) is 10.6. The average molecular weight is 215 g/mol. The Kier molecular flexibility index (Phi) is 5.24. The molecule has 0 heterocycles. The Labute approximate surface area is 93.0 Å². The molecule has 4 heteroatoms. The molecule has 0 bridgehead atoms. The maximum Gasteiger partial charge on any atom is 0.239 e. The molecule has 1 atom stereocenters. The lowest BCUT2D eigenvalue weighted by atomic mass is 9.81. The van der Waals surface area contributed by atoms with E-state index >= 15 is 0 Å². The summed E-state index contributed by atoms with van der Waals surface area (Å²) in [5.74, 6) is -0.0762. The Balaban J connectivity index is 4.14. The smallest absolute Gasteiger partial charge is 0.239 e. The third-order valence-electron chi connectivity index (χ3n) is 2.08. The van der Waals surface area contributed by atoms with Crippen molar-refractivity contribution in [2.24, 2.45) is 11.1 Å². The molecule has 90 valence electrons. The van der Waals surface area contributed by atoms with E-state index in [1.54, 1.807) is 6.92 Å². The molecular formula is C11H25N3O. The largest absolute Gasteiger partial charge is 0.353 e. The molecule has 0 aliphatic carbocycles. The Morgan fingerprint density at radius 2 is 1.73 bits per heavy atom. The summed E-state index contributed by atoms with van der Waals surface area (Å²) in [6, 6.07) is 0. The highest BCUT2D eigenvalue weighted by Gasteiger charge is 2.32. The maximum atomic E-state index is 11.8. The lowest BCUT2D eigenvalue weighted by Crippen LogP contribution is -2.54. The minimum atomic E-state index is -0.786. The Hall–Kier alpha value is -0.610. The van der Waals surface area contributed by atoms with Crippen LogP contribution in [0, 0.1) is 5.41 Å². The van der Waals surface area contributed by atoms with Gasteiger partial charge in [-0.3, -0.25) is 4.79 Å². The Morgan fingerprint density at radius 1 is 1.20 bits per heavy atom. The molecule has 0 aromatic rings. The van der Waals surface area contributed by atoms with E-state index in [-0.39, 0.29) is 11.3 Å². The first-order chi connectivity index (χ1) is 6.69. The van der Waals surface area contributed by atoms with E-state index in [0.717, 1.165) is 6.54 Å². The number of carbonyl (C=O) groups is 1. The van der Waals surface area contributed by atoms with Gasteiger partial charge < -0.3 is 16.4 Å². The molecule has 0 saturated carbocycles. The molecule has 1 amide bonds. The summed E-state index contributed by atoms with van der Waals surface area (Å²) in [7, 11) is 1.85. The summed E-state index contributed by atoms with van der Waals surface area (Å²) in [5.41, 5.74) is 5.27. The lowest BCUT2D eigenvalue weighted by molar-refractivity contribution is -0.126. The Morgan fingerprint density at radius 3 is 2.13 bits per heavy atom. The molecule has 4 N–H and O–H groups in total. The van der Waals surface area contributed by atoms with Crippen molar-refractivity contribution in [3.8, 4) is 0 Å². The van der Waals surface area contributed by atoms with Crippen molar-refractivity contribution in [2.75, 3.05) is 20.1 Å². The first kappa shape index (κ1) is 14.4. The van der Waals surface area contributed by atoms with Crippen LogP contribution in [-0.2, 0) is 4.79 Å². The second-order valence-electron chi connectivity index (χ2n) is 5.51. The SMILES string of the molecule is CNCCNC(=O)C(C)(N)CC(C)(C)C. The third kappa shape index (κ3) is 6.47. The summed E-state index contributed by atoms with van der Waals surface area (Å²) in [4.78, 5) is 11.8. The quantitative estimate of drug-likeness (QED) is 0.584. The molecule has 0 saturated heterocycles. The number of nitrogens with one attached hydrogen (secondary N) is 2. The molecule has 0 rings (SSSR count). The van der Waals surface area contributed by atoms with Gasteiger partial charge in [-0.05, 0) is 25.8 Å². The van der Waals surface area contributed by atoms with Gasteiger partial charge in [0.25, 0.3) is 0 Å². The maximum absolute atomic E-state index is 11.8. The number of carbonyl (C=O) groups excluding carboxylic acids is 1. The van der Waals surface area contributed by atoms with Crippen LogP contribution in [0.2, 0.25) is 0 Å². The van der Waals surface area contributed by atoms with Gasteiger partial charge in [-0.2, -0.15) is 0 Å². The topological polar surface area (TPSA) is 67.1 Å². The van der Waals surface area contributed by atoms with Crippen LogP contribution in [0.1, 0.15) is 34.1 Å². The van der Waals surface area contributed by atoms with Crippen molar-refractivity contribution in [3.05, 3.63) is 0 Å². The van der Waals surface area contributed by atoms with Crippen LogP contribution in [0.15, 0.2) is 0 Å². The minimum Gasteiger partial charge on any atom is -0.353 e. The number of likely N-dealkylation sites (N-methyl/N-ethyl adjacent to an activating group) is 1. The molecule has 1 unspecified atom stereocenters. The second-order valence-corrected chi connectivity index (χ2v) is 5.51. The van der Waals surface area contributed by atoms with E-state index in [9.17, 15) is 4.79 Å². The van der Waals surface area contributed by atoms with Crippen LogP contribution in [0.25, 0.3) is 0 Å². The van der Waals surface area contributed by atoms with Crippen LogP contribution in [0.4, 0.5) is 0 Å². The fraction of sp³-hybridized carbons (Fsp3) is 0.909. The van der Waals surface area contributed by atoms with Crippen LogP contribution in [0.3, 0.4) is 0 Å². The fourth-order valence-corrected chi connectivity index (χ4v) is 1.68. The normalized spacial score (nSPS) is 15.9. The molecule has 0 aromatic heterocycles. The predicted molar refractivity (Wildman–Crippen MR) is 63.6 cm³/mol. The van der Waals surface area contributed by atoms with E-state index in [1.807, 2.05) is 7.05 Å². The van der Waals surface area contributed by atoms with Crippen LogP contribution in [-0.4, -0.2) is 31.6 Å². The molecule has 0 radical (unpaired) electrons. The van der Waals surface area contributed by atoms with Gasteiger partial charge in [0.2, 0.25) is 5.91 Å². The zero-order chi connectivity index (χ0) is 12.1. The molecule has 15 heavy (non-hydrogen) atoms. The molecule has 0 aliphatic heterocycles. The highest BCUT2D eigenvalue weighted by Crippen LogP contribution is 2.25. The van der Waals surface area contributed by atoms with E-state index in [2.05, 4.69) is 31.4 Å². The number of hydrogen-bond acceptors (Lipinski definition) is 3. The molecular weight excluding hydrogens is 190 g/mol. The molecule has 0 spiro atoms. The predicted octanol–water partition coefficient (Wildman–Crippen LogP) is 0.476. The minimum absolute atomic E-state index is 0.0594. The van der Waals surface area contributed by atoms with Crippen molar-refractivity contribution in [2.45, 2.75) is 39.7 Å². The van der Waals surface area contributed by atoms with Crippen molar-refractivity contribution >= 4 is 5.91 Å². The van der Waals surface area contributed by atoms with E-state index in [4.69, 9.17) is 5.73 Å². The van der Waals surface area contributed by atoms with Crippen molar-refractivity contribution in [1.29, 1.82) is 0 Å². The molecule has 0 fully saturated rings. The summed E-state index contributed by atoms with van der Waals surface area (Å²) in [6.45, 7) is 9.41. The van der Waals surface area contributed by atoms with Gasteiger partial charge in [0, 0.05) is 13.1 Å². The van der Waals surface area contributed by atoms with Gasteiger partial charge in [0.1, 0.15) is 0 Å². The zero-order valence-corrected chi connectivity index (χ0v) is 10.6. The number of nitrogens with two attached hydrogens (primary N) is 1. The van der Waals surface area contributed by atoms with Crippen LogP contribution in [0.5, 0.6) is 0 Å². The molecule has 4 nitrogen and oxygen atoms in total. The summed E-state index contributed by atoms with van der Waals surface area (Å²) < 4.78 is 0. The fourth-order valence-electron chi connectivity index (χ4n) is 1.68. The van der Waals surface area contributed by atoms with E-state index < -0.39 is 5.54 Å². The monoisotopic (exact) mass is 215 g/mol. The Bertz CT molecular complexity index is 206. The van der Waals surface area contributed by atoms with Crippen LogP contribution >= 0.6 is 0 Å². The van der Waals surface area contributed by atoms with Crippen LogP contribution < -0.4 is 16.4 Å². The van der Waals surface area contributed by atoms with Gasteiger partial charge in [-0.15, -0.1) is 0 Å². The lowest BCUT2D eigenvalue weighted by Gasteiger charge is -2.31. The van der Waals surface area contributed by atoms with E-state index in [1.165, 1.54) is 0 Å². The molecule has 0 aliphatic rings. The van der Waals surface area contributed by atoms with Gasteiger partial charge in [0.15, 0.2) is 0 Å². The van der Waals surface area contributed by atoms with Gasteiger partial charge in [-0.1, -0.05) is 20.8 Å². The average Bonchev–Trinajstić information content (AvgIpc) is 2.00. The summed E-state index contributed by atoms with van der Waals surface area (Å²) in [6.07, 6.45) is 0.672. The number of hydrogen-bond donors (Lipinski definition) is 3. The van der Waals surface area contributed by atoms with Gasteiger partial charge >= 0.3 is 0 Å². The number of amides is 1. The van der Waals surface area contributed by atoms with Crippen molar-refractivity contribution in [1.82, 2.24) is 10.6 Å².